The summed E-state index contributed by atoms with van der Waals surface area (Å²) in [4.78, 5) is 28.3. The first-order valence-electron chi connectivity index (χ1n) is 12.7. The van der Waals surface area contributed by atoms with Gasteiger partial charge in [0.2, 0.25) is 11.6 Å². The lowest BCUT2D eigenvalue weighted by Crippen LogP contribution is -2.56. The molecule has 38 heavy (non-hydrogen) atoms. The number of amides is 2. The molecule has 0 radical (unpaired) electrons. The number of likely N-dealkylation sites (tertiary alicyclic amines) is 1. The second-order valence-electron chi connectivity index (χ2n) is 9.75. The number of benzene rings is 3. The first kappa shape index (κ1) is 25.4. The third-order valence-corrected chi connectivity index (χ3v) is 7.44. The van der Waals surface area contributed by atoms with Crippen molar-refractivity contribution in [2.24, 2.45) is 0 Å². The fourth-order valence-corrected chi connectivity index (χ4v) is 5.16. The standard InChI is InChI=1S/C31H29F2N3O2/c32-26-13-11-25(12-14-26)30(28(37)35-34-27-9-5-2-6-10-27)19-21-36(22-20-30)29(38)31(33)17-15-24(16-18-31)23-7-3-1-4-8-23/h1-17,34H,18-22H2,(H,35,37). The van der Waals surface area contributed by atoms with Gasteiger partial charge in [-0.05, 0) is 59.9 Å². The highest BCUT2D eigenvalue weighted by Crippen LogP contribution is 2.38. The van der Waals surface area contributed by atoms with Gasteiger partial charge < -0.3 is 4.90 Å². The first-order chi connectivity index (χ1) is 18.4. The molecule has 1 aliphatic carbocycles. The Labute approximate surface area is 220 Å². The van der Waals surface area contributed by atoms with Crippen molar-refractivity contribution in [2.75, 3.05) is 18.5 Å². The van der Waals surface area contributed by atoms with Crippen LogP contribution in [0.5, 0.6) is 0 Å². The van der Waals surface area contributed by atoms with Crippen molar-refractivity contribution < 1.29 is 18.4 Å². The number of nitrogens with one attached hydrogen (secondary N) is 2. The van der Waals surface area contributed by atoms with Gasteiger partial charge in [0.15, 0.2) is 0 Å². The van der Waals surface area contributed by atoms with Gasteiger partial charge in [-0.25, -0.2) is 8.78 Å². The molecule has 3 aromatic rings. The number of carbonyl (C=O) groups is 2. The van der Waals surface area contributed by atoms with Crippen LogP contribution in [0, 0.1) is 5.82 Å². The molecule has 5 rings (SSSR count). The number of halogens is 2. The minimum Gasteiger partial charge on any atom is -0.340 e. The SMILES string of the molecule is O=C(N1CCC(C(=O)NNc2ccccc2)(c2ccc(F)cc2)CC1)C1(F)C=CC(c2ccccc2)=CC1. The van der Waals surface area contributed by atoms with E-state index in [1.807, 2.05) is 60.7 Å². The Morgan fingerprint density at radius 3 is 2.08 bits per heavy atom. The van der Waals surface area contributed by atoms with Crippen LogP contribution in [-0.4, -0.2) is 35.5 Å². The molecule has 1 saturated heterocycles. The summed E-state index contributed by atoms with van der Waals surface area (Å²) in [5.41, 5.74) is 5.79. The van der Waals surface area contributed by atoms with Crippen molar-refractivity contribution in [3.8, 4) is 0 Å². The van der Waals surface area contributed by atoms with E-state index >= 15 is 4.39 Å². The van der Waals surface area contributed by atoms with Gasteiger partial charge in [-0.3, -0.25) is 20.4 Å². The van der Waals surface area contributed by atoms with Gasteiger partial charge in [-0.1, -0.05) is 72.8 Å². The third-order valence-electron chi connectivity index (χ3n) is 7.44. The molecule has 3 aromatic carbocycles. The van der Waals surface area contributed by atoms with Crippen molar-refractivity contribution in [1.29, 1.82) is 0 Å². The van der Waals surface area contributed by atoms with Crippen LogP contribution in [-0.2, 0) is 15.0 Å². The highest BCUT2D eigenvalue weighted by atomic mass is 19.1. The predicted molar refractivity (Wildman–Crippen MR) is 144 cm³/mol. The molecule has 1 atom stereocenters. The number of alkyl halides is 1. The van der Waals surface area contributed by atoms with E-state index in [9.17, 15) is 14.0 Å². The molecule has 0 bridgehead atoms. The van der Waals surface area contributed by atoms with Crippen molar-refractivity contribution in [3.05, 3.63) is 120 Å². The molecule has 2 N–H and O–H groups in total. The highest BCUT2D eigenvalue weighted by molar-refractivity contribution is 5.92. The lowest BCUT2D eigenvalue weighted by Gasteiger charge is -2.42. The number of nitrogens with zero attached hydrogens (tertiary/aromatic N) is 1. The van der Waals surface area contributed by atoms with Crippen LogP contribution in [0.4, 0.5) is 14.5 Å². The number of carbonyl (C=O) groups excluding carboxylic acids is 2. The van der Waals surface area contributed by atoms with Gasteiger partial charge in [0, 0.05) is 19.5 Å². The maximum atomic E-state index is 15.8. The van der Waals surface area contributed by atoms with Crippen LogP contribution in [0.25, 0.3) is 5.57 Å². The summed E-state index contributed by atoms with van der Waals surface area (Å²) in [5.74, 6) is -1.29. The van der Waals surface area contributed by atoms with Crippen LogP contribution < -0.4 is 10.9 Å². The summed E-state index contributed by atoms with van der Waals surface area (Å²) < 4.78 is 29.5. The Morgan fingerprint density at radius 1 is 0.842 bits per heavy atom. The van der Waals surface area contributed by atoms with Gasteiger partial charge >= 0.3 is 0 Å². The molecule has 1 heterocycles. The van der Waals surface area contributed by atoms with Crippen LogP contribution in [0.1, 0.15) is 30.4 Å². The summed E-state index contributed by atoms with van der Waals surface area (Å²) in [6.45, 7) is 0.396. The lowest BCUT2D eigenvalue weighted by molar-refractivity contribution is -0.144. The molecule has 1 unspecified atom stereocenters. The van der Waals surface area contributed by atoms with Gasteiger partial charge in [0.25, 0.3) is 5.91 Å². The van der Waals surface area contributed by atoms with Crippen LogP contribution in [0.15, 0.2) is 103 Å². The maximum absolute atomic E-state index is 15.8. The van der Waals surface area contributed by atoms with E-state index in [1.165, 1.54) is 23.1 Å². The average Bonchev–Trinajstić information content (AvgIpc) is 2.97. The largest absolute Gasteiger partial charge is 0.340 e. The van der Waals surface area contributed by atoms with Crippen molar-refractivity contribution in [1.82, 2.24) is 10.3 Å². The lowest BCUT2D eigenvalue weighted by atomic mass is 9.71. The Balaban J connectivity index is 1.30. The molecule has 1 fully saturated rings. The maximum Gasteiger partial charge on any atom is 0.264 e. The molecule has 194 valence electrons. The van der Waals surface area contributed by atoms with E-state index < -0.39 is 22.8 Å². The molecule has 1 aliphatic heterocycles. The Morgan fingerprint density at radius 2 is 1.47 bits per heavy atom. The van der Waals surface area contributed by atoms with E-state index in [2.05, 4.69) is 10.9 Å². The zero-order valence-electron chi connectivity index (χ0n) is 20.9. The van der Waals surface area contributed by atoms with E-state index in [0.717, 1.165) is 11.1 Å². The number of piperidine rings is 1. The molecule has 0 aromatic heterocycles. The van der Waals surface area contributed by atoms with E-state index in [0.29, 0.717) is 11.3 Å². The molecule has 2 amide bonds. The second kappa shape index (κ2) is 10.6. The zero-order valence-corrected chi connectivity index (χ0v) is 20.9. The smallest absolute Gasteiger partial charge is 0.264 e. The summed E-state index contributed by atoms with van der Waals surface area (Å²) in [6.07, 6.45) is 5.26. The van der Waals surface area contributed by atoms with Crippen LogP contribution in [0.2, 0.25) is 0 Å². The van der Waals surface area contributed by atoms with Crippen molar-refractivity contribution in [3.63, 3.8) is 0 Å². The zero-order chi connectivity index (χ0) is 26.6. The molecule has 0 spiro atoms. The van der Waals surface area contributed by atoms with E-state index in [1.54, 1.807) is 24.3 Å². The minimum atomic E-state index is -2.13. The monoisotopic (exact) mass is 513 g/mol. The second-order valence-corrected chi connectivity index (χ2v) is 9.75. The highest BCUT2D eigenvalue weighted by Gasteiger charge is 2.47. The van der Waals surface area contributed by atoms with Gasteiger partial charge in [0.1, 0.15) is 5.82 Å². The quantitative estimate of drug-likeness (QED) is 0.423. The van der Waals surface area contributed by atoms with Crippen molar-refractivity contribution >= 4 is 23.1 Å². The fourth-order valence-electron chi connectivity index (χ4n) is 5.16. The molecule has 0 saturated carbocycles. The number of rotatable bonds is 6. The molecule has 2 aliphatic rings. The Bertz CT molecular complexity index is 1350. The Kier molecular flexibility index (Phi) is 7.09. The number of allylic oxidation sites excluding steroid dienone is 3. The minimum absolute atomic E-state index is 0.0480. The van der Waals surface area contributed by atoms with Gasteiger partial charge in [-0.15, -0.1) is 0 Å². The topological polar surface area (TPSA) is 61.4 Å². The van der Waals surface area contributed by atoms with Gasteiger partial charge in [0.05, 0.1) is 11.1 Å². The summed E-state index contributed by atoms with van der Waals surface area (Å²) in [7, 11) is 0. The van der Waals surface area contributed by atoms with Crippen molar-refractivity contribution in [2.45, 2.75) is 30.3 Å². The average molecular weight is 514 g/mol. The number of hydrogen-bond donors (Lipinski definition) is 2. The van der Waals surface area contributed by atoms with E-state index in [4.69, 9.17) is 0 Å². The predicted octanol–water partition coefficient (Wildman–Crippen LogP) is 5.58. The third kappa shape index (κ3) is 5.09. The molecule has 5 nitrogen and oxygen atoms in total. The fraction of sp³-hybridized carbons (Fsp3) is 0.226. The van der Waals surface area contributed by atoms with E-state index in [-0.39, 0.29) is 38.3 Å². The number of hydrogen-bond acceptors (Lipinski definition) is 3. The number of para-hydroxylation sites is 1. The first-order valence-corrected chi connectivity index (χ1v) is 12.7. The number of anilines is 1. The molecular formula is C31H29F2N3O2. The molecule has 7 heteroatoms. The summed E-state index contributed by atoms with van der Waals surface area (Å²) in [5, 5.41) is 0. The van der Waals surface area contributed by atoms with Gasteiger partial charge in [-0.2, -0.15) is 0 Å². The Hall–Kier alpha value is -4.26. The number of hydrazine groups is 1. The molecular weight excluding hydrogens is 484 g/mol. The summed E-state index contributed by atoms with van der Waals surface area (Å²) >= 11 is 0. The van der Waals surface area contributed by atoms with Crippen LogP contribution in [0.3, 0.4) is 0 Å². The normalized spacial score (nSPS) is 20.4. The van der Waals surface area contributed by atoms with Crippen LogP contribution >= 0.6 is 0 Å². The summed E-state index contributed by atoms with van der Waals surface area (Å²) in [6, 6.07) is 24.7.